The van der Waals surface area contributed by atoms with Gasteiger partial charge in [0.1, 0.15) is 11.5 Å². The summed E-state index contributed by atoms with van der Waals surface area (Å²) < 4.78 is 5.60. The summed E-state index contributed by atoms with van der Waals surface area (Å²) in [5, 5.41) is 1.09. The van der Waals surface area contributed by atoms with Gasteiger partial charge in [-0.3, -0.25) is 4.98 Å². The quantitative estimate of drug-likeness (QED) is 0.746. The lowest BCUT2D eigenvalue weighted by molar-refractivity contribution is 0.467. The number of nitrogens with zero attached hydrogens (tertiary/aromatic N) is 1. The van der Waals surface area contributed by atoms with Crippen molar-refractivity contribution in [3.63, 3.8) is 0 Å². The zero-order valence-corrected chi connectivity index (χ0v) is 10.1. The number of pyridine rings is 1. The molecule has 18 heavy (non-hydrogen) atoms. The molecular formula is C15H14N2O. The lowest BCUT2D eigenvalue weighted by Crippen LogP contribution is -2.11. The summed E-state index contributed by atoms with van der Waals surface area (Å²) in [4.78, 5) is 4.41. The first-order valence-electron chi connectivity index (χ1n) is 5.91. The van der Waals surface area contributed by atoms with Crippen LogP contribution in [0.1, 0.15) is 23.1 Å². The summed E-state index contributed by atoms with van der Waals surface area (Å²) in [5.41, 5.74) is 8.18. The Labute approximate surface area is 105 Å². The highest BCUT2D eigenvalue weighted by molar-refractivity contribution is 5.82. The van der Waals surface area contributed by atoms with Gasteiger partial charge in [-0.2, -0.15) is 0 Å². The van der Waals surface area contributed by atoms with Crippen molar-refractivity contribution in [3.05, 3.63) is 65.7 Å². The third-order valence-corrected chi connectivity index (χ3v) is 3.07. The summed E-state index contributed by atoms with van der Waals surface area (Å²) >= 11 is 0. The summed E-state index contributed by atoms with van der Waals surface area (Å²) in [5.74, 6) is 1.64. The second-order valence-electron chi connectivity index (χ2n) is 4.35. The minimum Gasteiger partial charge on any atom is -0.464 e. The molecule has 0 spiro atoms. The van der Waals surface area contributed by atoms with Crippen LogP contribution in [0.15, 0.2) is 53.1 Å². The van der Waals surface area contributed by atoms with E-state index < -0.39 is 0 Å². The van der Waals surface area contributed by atoms with Gasteiger partial charge >= 0.3 is 0 Å². The number of fused-ring (bicyclic) bond motifs is 1. The monoisotopic (exact) mass is 238 g/mol. The van der Waals surface area contributed by atoms with Crippen molar-refractivity contribution in [2.75, 3.05) is 0 Å². The molecule has 0 radical (unpaired) electrons. The highest BCUT2D eigenvalue weighted by Crippen LogP contribution is 2.26. The van der Waals surface area contributed by atoms with E-state index in [1.165, 1.54) is 0 Å². The molecule has 0 saturated carbocycles. The van der Waals surface area contributed by atoms with Crippen LogP contribution in [0.5, 0.6) is 0 Å². The Hall–Kier alpha value is -2.13. The highest BCUT2D eigenvalue weighted by Gasteiger charge is 2.15. The molecule has 3 aromatic rings. The topological polar surface area (TPSA) is 52.0 Å². The van der Waals surface area contributed by atoms with Gasteiger partial charge < -0.3 is 10.2 Å². The Morgan fingerprint density at radius 3 is 2.72 bits per heavy atom. The number of furan rings is 1. The number of rotatable bonds is 2. The number of hydrogen-bond acceptors (Lipinski definition) is 3. The van der Waals surface area contributed by atoms with E-state index in [1.807, 2.05) is 49.4 Å². The SMILES string of the molecule is Cc1ccc(C(N)c2cccc3cccnc23)o1. The zero-order chi connectivity index (χ0) is 12.5. The largest absolute Gasteiger partial charge is 0.464 e. The van der Waals surface area contributed by atoms with E-state index >= 15 is 0 Å². The van der Waals surface area contributed by atoms with Gasteiger partial charge in [0, 0.05) is 17.1 Å². The van der Waals surface area contributed by atoms with Crippen LogP contribution >= 0.6 is 0 Å². The average molecular weight is 238 g/mol. The summed E-state index contributed by atoms with van der Waals surface area (Å²) in [6.45, 7) is 1.91. The summed E-state index contributed by atoms with van der Waals surface area (Å²) in [6.07, 6.45) is 1.78. The van der Waals surface area contributed by atoms with Gasteiger partial charge in [0.05, 0.1) is 11.6 Å². The second kappa shape index (κ2) is 4.27. The van der Waals surface area contributed by atoms with Crippen molar-refractivity contribution < 1.29 is 4.42 Å². The Bertz CT molecular complexity index is 682. The summed E-state index contributed by atoms with van der Waals surface area (Å²) in [6, 6.07) is 13.5. The van der Waals surface area contributed by atoms with Crippen molar-refractivity contribution in [1.82, 2.24) is 4.98 Å². The number of nitrogens with two attached hydrogens (primary N) is 1. The van der Waals surface area contributed by atoms with E-state index in [-0.39, 0.29) is 6.04 Å². The molecule has 0 fully saturated rings. The average Bonchev–Trinajstić information content (AvgIpc) is 2.84. The van der Waals surface area contributed by atoms with Crippen molar-refractivity contribution in [2.45, 2.75) is 13.0 Å². The molecule has 0 saturated heterocycles. The number of para-hydroxylation sites is 1. The van der Waals surface area contributed by atoms with Crippen LogP contribution in [0.3, 0.4) is 0 Å². The molecular weight excluding hydrogens is 224 g/mol. The molecule has 1 atom stereocenters. The molecule has 0 aliphatic carbocycles. The maximum Gasteiger partial charge on any atom is 0.125 e. The zero-order valence-electron chi connectivity index (χ0n) is 10.1. The van der Waals surface area contributed by atoms with Gasteiger partial charge in [0.2, 0.25) is 0 Å². The van der Waals surface area contributed by atoms with Gasteiger partial charge in [-0.15, -0.1) is 0 Å². The van der Waals surface area contributed by atoms with Gasteiger partial charge in [-0.25, -0.2) is 0 Å². The molecule has 0 amide bonds. The van der Waals surface area contributed by atoms with Gasteiger partial charge in [-0.1, -0.05) is 24.3 Å². The normalized spacial score (nSPS) is 12.8. The molecule has 3 nitrogen and oxygen atoms in total. The Kier molecular flexibility index (Phi) is 2.61. The maximum atomic E-state index is 6.26. The molecule has 2 aromatic heterocycles. The lowest BCUT2D eigenvalue weighted by atomic mass is 10.0. The van der Waals surface area contributed by atoms with Crippen LogP contribution in [-0.2, 0) is 0 Å². The van der Waals surface area contributed by atoms with E-state index in [9.17, 15) is 0 Å². The fourth-order valence-corrected chi connectivity index (χ4v) is 2.15. The second-order valence-corrected chi connectivity index (χ2v) is 4.35. The smallest absolute Gasteiger partial charge is 0.125 e. The number of hydrogen-bond donors (Lipinski definition) is 1. The minimum absolute atomic E-state index is 0.280. The molecule has 0 aliphatic rings. The third kappa shape index (κ3) is 1.79. The van der Waals surface area contributed by atoms with Gasteiger partial charge in [0.25, 0.3) is 0 Å². The van der Waals surface area contributed by atoms with E-state index in [0.29, 0.717) is 0 Å². The predicted molar refractivity (Wildman–Crippen MR) is 71.2 cm³/mol. The Balaban J connectivity index is 2.14. The molecule has 0 bridgehead atoms. The third-order valence-electron chi connectivity index (χ3n) is 3.07. The number of benzene rings is 1. The Morgan fingerprint density at radius 2 is 1.94 bits per heavy atom. The molecule has 3 rings (SSSR count). The van der Waals surface area contributed by atoms with Crippen molar-refractivity contribution in [2.24, 2.45) is 5.73 Å². The molecule has 3 heteroatoms. The predicted octanol–water partition coefficient (Wildman–Crippen LogP) is 3.18. The molecule has 2 N–H and O–H groups in total. The molecule has 1 aromatic carbocycles. The van der Waals surface area contributed by atoms with Crippen molar-refractivity contribution >= 4 is 10.9 Å². The van der Waals surface area contributed by atoms with Crippen LogP contribution in [0.25, 0.3) is 10.9 Å². The number of aryl methyl sites for hydroxylation is 1. The van der Waals surface area contributed by atoms with Crippen molar-refractivity contribution in [3.8, 4) is 0 Å². The van der Waals surface area contributed by atoms with Crippen LogP contribution in [-0.4, -0.2) is 4.98 Å². The van der Waals surface area contributed by atoms with Gasteiger partial charge in [-0.05, 0) is 25.1 Å². The minimum atomic E-state index is -0.280. The molecule has 0 aliphatic heterocycles. The first-order valence-corrected chi connectivity index (χ1v) is 5.91. The highest BCUT2D eigenvalue weighted by atomic mass is 16.3. The molecule has 90 valence electrons. The number of aromatic nitrogens is 1. The fourth-order valence-electron chi connectivity index (χ4n) is 2.15. The van der Waals surface area contributed by atoms with Gasteiger partial charge in [0.15, 0.2) is 0 Å². The van der Waals surface area contributed by atoms with E-state index in [0.717, 1.165) is 28.0 Å². The van der Waals surface area contributed by atoms with Crippen LogP contribution in [0.2, 0.25) is 0 Å². The van der Waals surface area contributed by atoms with Crippen molar-refractivity contribution in [1.29, 1.82) is 0 Å². The lowest BCUT2D eigenvalue weighted by Gasteiger charge is -2.11. The van der Waals surface area contributed by atoms with E-state index in [1.54, 1.807) is 6.20 Å². The standard InChI is InChI=1S/C15H14N2O/c1-10-7-8-13(18-10)14(16)12-6-2-4-11-5-3-9-17-15(11)12/h2-9,14H,16H2,1H3. The van der Waals surface area contributed by atoms with Crippen LogP contribution < -0.4 is 5.73 Å². The van der Waals surface area contributed by atoms with Crippen LogP contribution in [0, 0.1) is 6.92 Å². The van der Waals surface area contributed by atoms with E-state index in [4.69, 9.17) is 10.2 Å². The molecule has 2 heterocycles. The Morgan fingerprint density at radius 1 is 1.11 bits per heavy atom. The van der Waals surface area contributed by atoms with Crippen LogP contribution in [0.4, 0.5) is 0 Å². The summed E-state index contributed by atoms with van der Waals surface area (Å²) in [7, 11) is 0. The maximum absolute atomic E-state index is 6.26. The molecule has 1 unspecified atom stereocenters. The first-order chi connectivity index (χ1) is 8.75. The fraction of sp³-hybridized carbons (Fsp3) is 0.133. The van der Waals surface area contributed by atoms with E-state index in [2.05, 4.69) is 4.98 Å². The first kappa shape index (κ1) is 11.0.